The molecule has 2 heterocycles. The third-order valence-corrected chi connectivity index (χ3v) is 4.83. The fourth-order valence-corrected chi connectivity index (χ4v) is 3.37. The van der Waals surface area contributed by atoms with Crippen LogP contribution in [0.15, 0.2) is 71.3 Å². The van der Waals surface area contributed by atoms with E-state index in [-0.39, 0.29) is 17.7 Å². The van der Waals surface area contributed by atoms with Crippen LogP contribution in [0.1, 0.15) is 34.9 Å². The summed E-state index contributed by atoms with van der Waals surface area (Å²) < 4.78 is 13.3. The van der Waals surface area contributed by atoms with Crippen LogP contribution < -0.4 is 10.1 Å². The molecule has 2 aromatic heterocycles. The summed E-state index contributed by atoms with van der Waals surface area (Å²) in [5.74, 6) is 1.66. The predicted molar refractivity (Wildman–Crippen MR) is 111 cm³/mol. The Morgan fingerprint density at radius 2 is 1.93 bits per heavy atom. The van der Waals surface area contributed by atoms with E-state index in [1.165, 1.54) is 6.26 Å². The molecule has 0 fully saturated rings. The van der Waals surface area contributed by atoms with Crippen molar-refractivity contribution in [2.45, 2.75) is 26.4 Å². The second-order valence-corrected chi connectivity index (χ2v) is 6.90. The number of amides is 1. The largest absolute Gasteiger partial charge is 0.491 e. The highest BCUT2D eigenvalue weighted by molar-refractivity contribution is 5.91. The molecule has 0 radical (unpaired) electrons. The first-order valence-electron chi connectivity index (χ1n) is 9.61. The summed E-state index contributed by atoms with van der Waals surface area (Å²) in [5, 5.41) is 2.96. The van der Waals surface area contributed by atoms with Crippen LogP contribution in [-0.2, 0) is 6.54 Å². The number of hydrogen-bond acceptors (Lipinski definition) is 4. The van der Waals surface area contributed by atoms with Crippen LogP contribution >= 0.6 is 0 Å². The number of carbonyl (C=O) groups excluding carboxylic acids is 1. The Labute approximate surface area is 169 Å². The van der Waals surface area contributed by atoms with E-state index in [1.54, 1.807) is 12.1 Å². The monoisotopic (exact) mass is 389 g/mol. The maximum absolute atomic E-state index is 12.4. The van der Waals surface area contributed by atoms with E-state index < -0.39 is 0 Å². The molecule has 6 heteroatoms. The summed E-state index contributed by atoms with van der Waals surface area (Å²) in [6, 6.07) is 18.9. The summed E-state index contributed by atoms with van der Waals surface area (Å²) in [6.45, 7) is 5.06. The lowest BCUT2D eigenvalue weighted by atomic mass is 10.2. The minimum Gasteiger partial charge on any atom is -0.491 e. The van der Waals surface area contributed by atoms with E-state index >= 15 is 0 Å². The fourth-order valence-electron chi connectivity index (χ4n) is 3.37. The molecule has 0 aliphatic heterocycles. The number of benzene rings is 2. The Hall–Kier alpha value is -3.54. The number of aryl methyl sites for hydroxylation is 1. The van der Waals surface area contributed by atoms with Gasteiger partial charge in [-0.05, 0) is 49.7 Å². The van der Waals surface area contributed by atoms with E-state index in [0.29, 0.717) is 13.2 Å². The van der Waals surface area contributed by atoms with E-state index in [9.17, 15) is 4.79 Å². The van der Waals surface area contributed by atoms with Gasteiger partial charge in [-0.3, -0.25) is 4.79 Å². The molecule has 29 heavy (non-hydrogen) atoms. The second kappa shape index (κ2) is 8.22. The molecule has 0 saturated heterocycles. The van der Waals surface area contributed by atoms with Gasteiger partial charge in [0, 0.05) is 0 Å². The van der Waals surface area contributed by atoms with Gasteiger partial charge in [0.05, 0.1) is 29.9 Å². The first-order valence-corrected chi connectivity index (χ1v) is 9.61. The summed E-state index contributed by atoms with van der Waals surface area (Å²) in [4.78, 5) is 17.1. The molecule has 0 aliphatic rings. The van der Waals surface area contributed by atoms with Gasteiger partial charge in [0.25, 0.3) is 5.91 Å². The number of nitrogens with zero attached hydrogens (tertiary/aromatic N) is 2. The van der Waals surface area contributed by atoms with Gasteiger partial charge in [-0.25, -0.2) is 4.98 Å². The second-order valence-electron chi connectivity index (χ2n) is 6.90. The van der Waals surface area contributed by atoms with Crippen molar-refractivity contribution in [3.05, 3.63) is 84.1 Å². The zero-order valence-corrected chi connectivity index (χ0v) is 16.5. The molecule has 1 atom stereocenters. The minimum atomic E-state index is -0.293. The van der Waals surface area contributed by atoms with Gasteiger partial charge in [0.1, 0.15) is 18.2 Å². The van der Waals surface area contributed by atoms with Crippen molar-refractivity contribution < 1.29 is 13.9 Å². The molecule has 0 aliphatic carbocycles. The number of furan rings is 1. The first-order chi connectivity index (χ1) is 14.1. The van der Waals surface area contributed by atoms with Crippen LogP contribution in [0.2, 0.25) is 0 Å². The van der Waals surface area contributed by atoms with Crippen LogP contribution in [0.25, 0.3) is 11.0 Å². The van der Waals surface area contributed by atoms with Crippen LogP contribution in [0.4, 0.5) is 0 Å². The zero-order chi connectivity index (χ0) is 20.2. The van der Waals surface area contributed by atoms with E-state index in [1.807, 2.05) is 62.4 Å². The number of aromatic nitrogens is 2. The number of para-hydroxylation sites is 3. The number of rotatable bonds is 7. The smallest absolute Gasteiger partial charge is 0.287 e. The van der Waals surface area contributed by atoms with Crippen molar-refractivity contribution in [2.24, 2.45) is 0 Å². The van der Waals surface area contributed by atoms with E-state index in [0.717, 1.165) is 28.2 Å². The molecule has 6 nitrogen and oxygen atoms in total. The van der Waals surface area contributed by atoms with Crippen LogP contribution in [-0.4, -0.2) is 22.1 Å². The molecule has 1 N–H and O–H groups in total. The highest BCUT2D eigenvalue weighted by Crippen LogP contribution is 2.22. The summed E-state index contributed by atoms with van der Waals surface area (Å²) in [6.07, 6.45) is 1.48. The summed E-state index contributed by atoms with van der Waals surface area (Å²) in [7, 11) is 0. The van der Waals surface area contributed by atoms with Gasteiger partial charge in [-0.1, -0.05) is 30.3 Å². The minimum absolute atomic E-state index is 0.266. The molecule has 0 bridgehead atoms. The number of nitrogens with one attached hydrogen (secondary N) is 1. The predicted octanol–water partition coefficient (Wildman–Crippen LogP) is 4.51. The van der Waals surface area contributed by atoms with Crippen molar-refractivity contribution in [1.29, 1.82) is 0 Å². The molecule has 2 aromatic carbocycles. The maximum atomic E-state index is 12.4. The molecule has 0 saturated carbocycles. The van der Waals surface area contributed by atoms with Crippen molar-refractivity contribution in [3.63, 3.8) is 0 Å². The van der Waals surface area contributed by atoms with Gasteiger partial charge in [0.15, 0.2) is 5.76 Å². The van der Waals surface area contributed by atoms with E-state index in [4.69, 9.17) is 14.1 Å². The van der Waals surface area contributed by atoms with Crippen molar-refractivity contribution in [2.75, 3.05) is 6.61 Å². The molecular weight excluding hydrogens is 366 g/mol. The number of imidazole rings is 1. The lowest BCUT2D eigenvalue weighted by Crippen LogP contribution is -2.29. The number of carbonyl (C=O) groups is 1. The molecule has 4 aromatic rings. The quantitative estimate of drug-likeness (QED) is 0.505. The van der Waals surface area contributed by atoms with Gasteiger partial charge >= 0.3 is 0 Å². The SMILES string of the molecule is Cc1ccccc1OCCn1c(C(C)NC(=O)c2ccco2)nc2ccccc21. The van der Waals surface area contributed by atoms with Gasteiger partial charge < -0.3 is 19.0 Å². The van der Waals surface area contributed by atoms with Crippen molar-refractivity contribution in [1.82, 2.24) is 14.9 Å². The highest BCUT2D eigenvalue weighted by atomic mass is 16.5. The lowest BCUT2D eigenvalue weighted by molar-refractivity contribution is 0.0909. The Bertz CT molecular complexity index is 1120. The third-order valence-electron chi connectivity index (χ3n) is 4.83. The molecule has 0 spiro atoms. The normalized spacial score (nSPS) is 12.1. The average Bonchev–Trinajstić information content (AvgIpc) is 3.38. The van der Waals surface area contributed by atoms with Crippen molar-refractivity contribution in [3.8, 4) is 5.75 Å². The highest BCUT2D eigenvalue weighted by Gasteiger charge is 2.20. The van der Waals surface area contributed by atoms with Crippen LogP contribution in [0.3, 0.4) is 0 Å². The Balaban J connectivity index is 1.55. The number of hydrogen-bond donors (Lipinski definition) is 1. The average molecular weight is 389 g/mol. The summed E-state index contributed by atoms with van der Waals surface area (Å²) >= 11 is 0. The van der Waals surface area contributed by atoms with Crippen LogP contribution in [0.5, 0.6) is 5.75 Å². The molecule has 4 rings (SSSR count). The Morgan fingerprint density at radius 3 is 2.72 bits per heavy atom. The fraction of sp³-hybridized carbons (Fsp3) is 0.217. The summed E-state index contributed by atoms with van der Waals surface area (Å²) in [5.41, 5.74) is 3.00. The number of ether oxygens (including phenoxy) is 1. The first kappa shape index (κ1) is 18.8. The Morgan fingerprint density at radius 1 is 1.14 bits per heavy atom. The topological polar surface area (TPSA) is 69.3 Å². The molecule has 148 valence electrons. The lowest BCUT2D eigenvalue weighted by Gasteiger charge is -2.16. The van der Waals surface area contributed by atoms with Crippen LogP contribution in [0, 0.1) is 6.92 Å². The standard InChI is InChI=1S/C23H23N3O3/c1-16-8-3-6-11-20(16)29-15-13-26-19-10-5-4-9-18(19)25-22(26)17(2)24-23(27)21-12-7-14-28-21/h3-12,14,17H,13,15H2,1-2H3,(H,24,27). The van der Waals surface area contributed by atoms with Gasteiger partial charge in [-0.15, -0.1) is 0 Å². The molecular formula is C23H23N3O3. The maximum Gasteiger partial charge on any atom is 0.287 e. The van der Waals surface area contributed by atoms with Gasteiger partial charge in [-0.2, -0.15) is 0 Å². The third kappa shape index (κ3) is 4.01. The van der Waals surface area contributed by atoms with Gasteiger partial charge in [0.2, 0.25) is 0 Å². The Kier molecular flexibility index (Phi) is 5.33. The zero-order valence-electron chi connectivity index (χ0n) is 16.5. The molecule has 1 unspecified atom stereocenters. The van der Waals surface area contributed by atoms with E-state index in [2.05, 4.69) is 9.88 Å². The van der Waals surface area contributed by atoms with Crippen molar-refractivity contribution >= 4 is 16.9 Å². The molecule has 1 amide bonds. The number of fused-ring (bicyclic) bond motifs is 1.